The summed E-state index contributed by atoms with van der Waals surface area (Å²) < 4.78 is 13.9. The van der Waals surface area contributed by atoms with Crippen LogP contribution in [0.15, 0.2) is 48.9 Å². The van der Waals surface area contributed by atoms with Crippen LogP contribution in [0.5, 0.6) is 0 Å². The Kier molecular flexibility index (Phi) is 4.48. The van der Waals surface area contributed by atoms with E-state index in [-0.39, 0.29) is 11.7 Å². The average Bonchev–Trinajstić information content (AvgIpc) is 3.28. The van der Waals surface area contributed by atoms with Gasteiger partial charge in [-0.05, 0) is 25.3 Å². The molecule has 1 heterocycles. The average molecular weight is 261 g/mol. The molecule has 102 valence electrons. The van der Waals surface area contributed by atoms with Gasteiger partial charge in [-0.3, -0.25) is 9.69 Å². The van der Waals surface area contributed by atoms with Gasteiger partial charge < -0.3 is 0 Å². The second-order valence-electron chi connectivity index (χ2n) is 5.05. The van der Waals surface area contributed by atoms with Crippen molar-refractivity contribution in [3.63, 3.8) is 0 Å². The van der Waals surface area contributed by atoms with Gasteiger partial charge in [0.1, 0.15) is 5.83 Å². The molecule has 1 aliphatic carbocycles. The van der Waals surface area contributed by atoms with E-state index in [0.29, 0.717) is 12.1 Å². The minimum atomic E-state index is -0.507. The van der Waals surface area contributed by atoms with E-state index < -0.39 is 11.9 Å². The molecular weight excluding hydrogens is 241 g/mol. The number of allylic oxidation sites excluding steroid dienone is 2. The Labute approximate surface area is 114 Å². The molecular formula is C16H20FNO. The summed E-state index contributed by atoms with van der Waals surface area (Å²) in [5.41, 5.74) is 0.363. The summed E-state index contributed by atoms with van der Waals surface area (Å²) in [6.07, 6.45) is 9.50. The van der Waals surface area contributed by atoms with Crippen molar-refractivity contribution in [3.05, 3.63) is 48.9 Å². The van der Waals surface area contributed by atoms with Crippen LogP contribution < -0.4 is 0 Å². The topological polar surface area (TPSA) is 20.3 Å². The normalized spacial score (nSPS) is 22.6. The highest BCUT2D eigenvalue weighted by Crippen LogP contribution is 2.35. The van der Waals surface area contributed by atoms with E-state index in [2.05, 4.69) is 19.2 Å². The van der Waals surface area contributed by atoms with Crippen LogP contribution >= 0.6 is 0 Å². The number of carbonyl (C=O) groups excluding carboxylic acids is 1. The molecule has 0 spiro atoms. The van der Waals surface area contributed by atoms with Crippen LogP contribution in [-0.4, -0.2) is 29.8 Å². The summed E-state index contributed by atoms with van der Waals surface area (Å²) in [5.74, 6) is -0.214. The van der Waals surface area contributed by atoms with Crippen LogP contribution in [0.2, 0.25) is 0 Å². The second kappa shape index (κ2) is 6.11. The molecule has 1 unspecified atom stereocenters. The second-order valence-corrected chi connectivity index (χ2v) is 5.05. The van der Waals surface area contributed by atoms with Crippen molar-refractivity contribution in [1.29, 1.82) is 0 Å². The fourth-order valence-corrected chi connectivity index (χ4v) is 2.47. The summed E-state index contributed by atoms with van der Waals surface area (Å²) in [5, 5.41) is 0. The van der Waals surface area contributed by atoms with Crippen LogP contribution in [-0.2, 0) is 4.79 Å². The molecule has 2 rings (SSSR count). The zero-order valence-electron chi connectivity index (χ0n) is 11.1. The van der Waals surface area contributed by atoms with E-state index in [1.807, 2.05) is 11.0 Å². The molecule has 1 aliphatic heterocycles. The lowest BCUT2D eigenvalue weighted by molar-refractivity contribution is -0.124. The van der Waals surface area contributed by atoms with Crippen molar-refractivity contribution in [2.75, 3.05) is 13.1 Å². The monoisotopic (exact) mass is 261 g/mol. The third-order valence-electron chi connectivity index (χ3n) is 3.67. The van der Waals surface area contributed by atoms with Crippen molar-refractivity contribution in [2.24, 2.45) is 5.92 Å². The predicted octanol–water partition coefficient (Wildman–Crippen LogP) is 3.19. The van der Waals surface area contributed by atoms with Crippen molar-refractivity contribution in [3.8, 4) is 0 Å². The number of nitrogens with zero attached hydrogens (tertiary/aromatic N) is 1. The van der Waals surface area contributed by atoms with E-state index >= 15 is 0 Å². The minimum absolute atomic E-state index is 0.100. The number of rotatable bonds is 6. The van der Waals surface area contributed by atoms with Crippen LogP contribution in [0, 0.1) is 5.92 Å². The van der Waals surface area contributed by atoms with Gasteiger partial charge in [0, 0.05) is 24.6 Å². The van der Waals surface area contributed by atoms with Gasteiger partial charge in [-0.25, -0.2) is 4.39 Å². The fraction of sp³-hybridized carbons (Fsp3) is 0.438. The molecule has 0 radical (unpaired) electrons. The standard InChI is InChI=1S/C16H20FNO/c1-3-13(14(17)4-2)15(16(19)12-8-9-12)18-10-6-5-7-11-18/h3-6,12,15H,1-2,7-11H2/b14-13-. The maximum Gasteiger partial charge on any atom is 0.157 e. The van der Waals surface area contributed by atoms with Gasteiger partial charge in [-0.1, -0.05) is 31.4 Å². The van der Waals surface area contributed by atoms with Gasteiger partial charge >= 0.3 is 0 Å². The Morgan fingerprint density at radius 2 is 2.05 bits per heavy atom. The molecule has 19 heavy (non-hydrogen) atoms. The largest absolute Gasteiger partial charge is 0.297 e. The Balaban J connectivity index is 2.31. The minimum Gasteiger partial charge on any atom is -0.297 e. The number of halogens is 1. The summed E-state index contributed by atoms with van der Waals surface area (Å²) >= 11 is 0. The zero-order valence-corrected chi connectivity index (χ0v) is 11.1. The fourth-order valence-electron chi connectivity index (χ4n) is 2.47. The molecule has 2 nitrogen and oxygen atoms in total. The Bertz CT molecular complexity index is 446. The Morgan fingerprint density at radius 3 is 2.53 bits per heavy atom. The lowest BCUT2D eigenvalue weighted by Crippen LogP contribution is -2.45. The number of ketones is 1. The van der Waals surface area contributed by atoms with Gasteiger partial charge in [-0.2, -0.15) is 0 Å². The molecule has 0 aromatic carbocycles. The smallest absolute Gasteiger partial charge is 0.157 e. The van der Waals surface area contributed by atoms with Crippen molar-refractivity contribution >= 4 is 5.78 Å². The van der Waals surface area contributed by atoms with Gasteiger partial charge in [0.05, 0.1) is 6.04 Å². The van der Waals surface area contributed by atoms with E-state index in [0.717, 1.165) is 31.9 Å². The third-order valence-corrected chi connectivity index (χ3v) is 3.67. The highest BCUT2D eigenvalue weighted by molar-refractivity contribution is 5.91. The molecule has 0 saturated heterocycles. The molecule has 0 bridgehead atoms. The molecule has 1 saturated carbocycles. The first-order valence-corrected chi connectivity index (χ1v) is 6.76. The van der Waals surface area contributed by atoms with Crippen LogP contribution in [0.25, 0.3) is 0 Å². The van der Waals surface area contributed by atoms with E-state index in [1.54, 1.807) is 0 Å². The van der Waals surface area contributed by atoms with Crippen molar-refractivity contribution in [1.82, 2.24) is 4.90 Å². The summed E-state index contributed by atoms with van der Waals surface area (Å²) in [6, 6.07) is -0.507. The lowest BCUT2D eigenvalue weighted by atomic mass is 9.95. The molecule has 3 heteroatoms. The molecule has 0 N–H and O–H groups in total. The Morgan fingerprint density at radius 1 is 1.32 bits per heavy atom. The summed E-state index contributed by atoms with van der Waals surface area (Å²) in [7, 11) is 0. The summed E-state index contributed by atoms with van der Waals surface area (Å²) in [6.45, 7) is 8.58. The van der Waals surface area contributed by atoms with E-state index in [9.17, 15) is 9.18 Å². The van der Waals surface area contributed by atoms with Gasteiger partial charge in [-0.15, -0.1) is 0 Å². The van der Waals surface area contributed by atoms with E-state index in [1.165, 1.54) is 6.08 Å². The quantitative estimate of drug-likeness (QED) is 0.540. The first-order chi connectivity index (χ1) is 9.19. The number of Topliss-reactive ketones (excluding diaryl/α,β-unsaturated/α-hetero) is 1. The molecule has 0 amide bonds. The molecule has 0 aromatic heterocycles. The van der Waals surface area contributed by atoms with Crippen molar-refractivity contribution < 1.29 is 9.18 Å². The number of hydrogen-bond acceptors (Lipinski definition) is 2. The van der Waals surface area contributed by atoms with Gasteiger partial charge in [0.2, 0.25) is 0 Å². The molecule has 1 fully saturated rings. The SMILES string of the molecule is C=C/C(F)=C(\C=C)C(C(=O)C1CC1)N1CC=CCC1. The van der Waals surface area contributed by atoms with Crippen molar-refractivity contribution in [2.45, 2.75) is 25.3 Å². The highest BCUT2D eigenvalue weighted by Gasteiger charge is 2.39. The zero-order chi connectivity index (χ0) is 13.8. The third kappa shape index (κ3) is 3.10. The lowest BCUT2D eigenvalue weighted by Gasteiger charge is -2.32. The first kappa shape index (κ1) is 13.9. The number of hydrogen-bond donors (Lipinski definition) is 0. The highest BCUT2D eigenvalue weighted by atomic mass is 19.1. The Hall–Kier alpha value is -1.48. The van der Waals surface area contributed by atoms with Crippen LogP contribution in [0.1, 0.15) is 19.3 Å². The maximum absolute atomic E-state index is 13.9. The molecule has 2 aliphatic rings. The predicted molar refractivity (Wildman–Crippen MR) is 75.4 cm³/mol. The van der Waals surface area contributed by atoms with Gasteiger partial charge in [0.25, 0.3) is 0 Å². The first-order valence-electron chi connectivity index (χ1n) is 6.76. The van der Waals surface area contributed by atoms with Gasteiger partial charge in [0.15, 0.2) is 5.78 Å². The molecule has 0 aromatic rings. The molecule has 1 atom stereocenters. The van der Waals surface area contributed by atoms with E-state index in [4.69, 9.17) is 0 Å². The number of carbonyl (C=O) groups is 1. The maximum atomic E-state index is 13.9. The summed E-state index contributed by atoms with van der Waals surface area (Å²) in [4.78, 5) is 14.5. The van der Waals surface area contributed by atoms with Crippen LogP contribution in [0.4, 0.5) is 4.39 Å². The van der Waals surface area contributed by atoms with Crippen LogP contribution in [0.3, 0.4) is 0 Å².